The largest absolute Gasteiger partial charge is 0.492 e. The number of hydrogen-bond donors (Lipinski definition) is 0. The number of fused-ring (bicyclic) bond motifs is 2. The number of carbonyl (C=O) groups excluding carboxylic acids is 2. The minimum Gasteiger partial charge on any atom is -0.492 e. The fraction of sp³-hybridized carbons (Fsp3) is 0.600. The molecule has 1 aliphatic carbocycles. The van der Waals surface area contributed by atoms with Gasteiger partial charge >= 0.3 is 0 Å². The Bertz CT molecular complexity index is 1080. The number of carbonyl (C=O) groups is 2. The second-order valence-electron chi connectivity index (χ2n) is 11.4. The Morgan fingerprint density at radius 2 is 1.58 bits per heavy atom. The van der Waals surface area contributed by atoms with E-state index in [1.807, 2.05) is 30.3 Å². The molecule has 0 bridgehead atoms. The Morgan fingerprint density at radius 3 is 2.13 bits per heavy atom. The van der Waals surface area contributed by atoms with Crippen LogP contribution in [-0.4, -0.2) is 65.8 Å². The van der Waals surface area contributed by atoms with Gasteiger partial charge in [-0.15, -0.1) is 0 Å². The lowest BCUT2D eigenvalue weighted by Gasteiger charge is -2.48. The number of benzene rings is 1. The quantitative estimate of drug-likeness (QED) is 0.303. The molecule has 0 spiro atoms. The summed E-state index contributed by atoms with van der Waals surface area (Å²) in [6.07, 6.45) is -0.980. The van der Waals surface area contributed by atoms with Crippen LogP contribution in [0.25, 0.3) is 5.57 Å². The van der Waals surface area contributed by atoms with Crippen molar-refractivity contribution < 1.29 is 33.0 Å². The Kier molecular flexibility index (Phi) is 8.79. The van der Waals surface area contributed by atoms with Crippen molar-refractivity contribution in [1.29, 1.82) is 0 Å². The fourth-order valence-corrected chi connectivity index (χ4v) is 12.4. The van der Waals surface area contributed by atoms with Crippen molar-refractivity contribution in [2.24, 2.45) is 5.92 Å². The first-order chi connectivity index (χ1) is 18.1. The number of ether oxygens (including phenoxy) is 4. The van der Waals surface area contributed by atoms with E-state index in [0.717, 1.165) is 0 Å². The van der Waals surface area contributed by atoms with E-state index in [0.29, 0.717) is 46.4 Å². The van der Waals surface area contributed by atoms with Gasteiger partial charge in [0.2, 0.25) is 5.78 Å². The molecule has 1 aromatic rings. The van der Waals surface area contributed by atoms with Crippen molar-refractivity contribution in [3.05, 3.63) is 52.8 Å². The Balaban J connectivity index is 1.68. The molecule has 4 rings (SSSR count). The molecule has 0 unspecified atom stereocenters. The number of methoxy groups -OCH3 is 2. The predicted octanol–water partition coefficient (Wildman–Crippen LogP) is 5.46. The van der Waals surface area contributed by atoms with Gasteiger partial charge in [-0.3, -0.25) is 9.59 Å². The molecule has 3 aliphatic rings. The highest BCUT2D eigenvalue weighted by Crippen LogP contribution is 2.46. The van der Waals surface area contributed by atoms with E-state index in [9.17, 15) is 9.59 Å². The second-order valence-corrected chi connectivity index (χ2v) is 16.9. The van der Waals surface area contributed by atoms with E-state index >= 15 is 0 Å². The van der Waals surface area contributed by atoms with E-state index in [2.05, 4.69) is 41.5 Å². The second kappa shape index (κ2) is 11.6. The summed E-state index contributed by atoms with van der Waals surface area (Å²) in [5.41, 5.74) is 3.08. The average molecular weight is 543 g/mol. The van der Waals surface area contributed by atoms with Crippen LogP contribution in [0.15, 0.2) is 47.2 Å². The molecule has 0 radical (unpaired) electrons. The number of ketones is 2. The van der Waals surface area contributed by atoms with Crippen LogP contribution in [0.1, 0.15) is 53.5 Å². The molecule has 2 heterocycles. The summed E-state index contributed by atoms with van der Waals surface area (Å²) in [6, 6.07) is 9.18. The SMILES string of the molecule is COC1=C(c2ccccc2)C(=O)C2=C(C1=O)[C@H]1C[C@@H](OC)O[C@H](CO[Si](C(C)C)(C(C)C)C(C)C)[C@H]1OC2. The zero-order valence-electron chi connectivity index (χ0n) is 23.9. The lowest BCUT2D eigenvalue weighted by Crippen LogP contribution is -2.56. The van der Waals surface area contributed by atoms with Crippen molar-refractivity contribution in [3.63, 3.8) is 0 Å². The third-order valence-electron chi connectivity index (χ3n) is 8.57. The molecular formula is C30H42O7Si. The zero-order valence-corrected chi connectivity index (χ0v) is 24.9. The van der Waals surface area contributed by atoms with Gasteiger partial charge in [-0.05, 0) is 22.2 Å². The van der Waals surface area contributed by atoms with Gasteiger partial charge in [0.25, 0.3) is 0 Å². The molecule has 0 saturated carbocycles. The molecule has 4 atom stereocenters. The smallest absolute Gasteiger partial charge is 0.225 e. The first-order valence-corrected chi connectivity index (χ1v) is 15.8. The Hall–Kier alpha value is -2.10. The highest BCUT2D eigenvalue weighted by Gasteiger charge is 2.52. The molecular weight excluding hydrogens is 500 g/mol. The van der Waals surface area contributed by atoms with Gasteiger partial charge in [0.1, 0.15) is 6.10 Å². The van der Waals surface area contributed by atoms with Crippen molar-refractivity contribution in [2.75, 3.05) is 27.4 Å². The van der Waals surface area contributed by atoms with E-state index in [1.54, 1.807) is 7.11 Å². The maximum Gasteiger partial charge on any atom is 0.225 e. The molecule has 1 aromatic carbocycles. The van der Waals surface area contributed by atoms with Crippen LogP contribution in [0.5, 0.6) is 0 Å². The van der Waals surface area contributed by atoms with Crippen molar-refractivity contribution in [2.45, 2.75) is 83.1 Å². The van der Waals surface area contributed by atoms with Gasteiger partial charge in [0.15, 0.2) is 26.1 Å². The summed E-state index contributed by atoms with van der Waals surface area (Å²) >= 11 is 0. The number of rotatable bonds is 9. The van der Waals surface area contributed by atoms with Crippen LogP contribution in [0, 0.1) is 5.92 Å². The molecule has 7 nitrogen and oxygen atoms in total. The van der Waals surface area contributed by atoms with E-state index < -0.39 is 26.8 Å². The zero-order chi connectivity index (χ0) is 27.8. The normalized spacial score (nSPS) is 26.4. The van der Waals surface area contributed by atoms with E-state index in [-0.39, 0.29) is 35.4 Å². The molecule has 1 fully saturated rings. The predicted molar refractivity (Wildman–Crippen MR) is 148 cm³/mol. The third kappa shape index (κ3) is 4.86. The molecule has 1 saturated heterocycles. The monoisotopic (exact) mass is 542 g/mol. The van der Waals surface area contributed by atoms with E-state index in [1.165, 1.54) is 7.11 Å². The highest BCUT2D eigenvalue weighted by atomic mass is 28.4. The molecule has 208 valence electrons. The van der Waals surface area contributed by atoms with Gasteiger partial charge in [-0.2, -0.15) is 0 Å². The topological polar surface area (TPSA) is 80.3 Å². The molecule has 8 heteroatoms. The fourth-order valence-electron chi connectivity index (χ4n) is 6.97. The van der Waals surface area contributed by atoms with Gasteiger partial charge in [0.05, 0.1) is 32.0 Å². The summed E-state index contributed by atoms with van der Waals surface area (Å²) in [7, 11) is 0.880. The Labute approximate surface area is 227 Å². The van der Waals surface area contributed by atoms with Crippen LogP contribution in [0.4, 0.5) is 0 Å². The minimum atomic E-state index is -2.16. The summed E-state index contributed by atoms with van der Waals surface area (Å²) in [4.78, 5) is 27.7. The standard InChI is InChI=1S/C30H42O7Si/c1-17(2)38(18(3)4,19(5)6)36-16-23-29-21(14-24(33-7)37-23)26-22(15-35-29)27(31)25(30(34-8)28(26)32)20-12-10-9-11-13-20/h9-13,17-19,21,23-24,29H,14-16H2,1-8H3/t21-,23-,24+,29+/m1/s1. The lowest BCUT2D eigenvalue weighted by molar-refractivity contribution is -0.242. The van der Waals surface area contributed by atoms with Crippen molar-refractivity contribution in [1.82, 2.24) is 0 Å². The van der Waals surface area contributed by atoms with Crippen molar-refractivity contribution >= 4 is 25.5 Å². The first kappa shape index (κ1) is 28.9. The van der Waals surface area contributed by atoms with Crippen LogP contribution in [0.2, 0.25) is 16.6 Å². The summed E-state index contributed by atoms with van der Waals surface area (Å²) in [6.45, 7) is 13.9. The third-order valence-corrected chi connectivity index (χ3v) is 14.6. The van der Waals surface area contributed by atoms with Crippen molar-refractivity contribution in [3.8, 4) is 0 Å². The minimum absolute atomic E-state index is 0.0486. The number of allylic oxidation sites excluding steroid dienone is 2. The summed E-state index contributed by atoms with van der Waals surface area (Å²) < 4.78 is 30.7. The van der Waals surface area contributed by atoms with Crippen LogP contribution >= 0.6 is 0 Å². The lowest BCUT2D eigenvalue weighted by atomic mass is 9.73. The first-order valence-electron chi connectivity index (χ1n) is 13.7. The van der Waals surface area contributed by atoms with Gasteiger partial charge in [0, 0.05) is 30.6 Å². The molecule has 0 aromatic heterocycles. The molecule has 0 N–H and O–H groups in total. The van der Waals surface area contributed by atoms with E-state index in [4.69, 9.17) is 23.4 Å². The summed E-state index contributed by atoms with van der Waals surface area (Å²) in [5.74, 6) is -0.760. The highest BCUT2D eigenvalue weighted by molar-refractivity contribution is 6.77. The van der Waals surface area contributed by atoms with Gasteiger partial charge in [-0.1, -0.05) is 71.9 Å². The number of hydrogen-bond acceptors (Lipinski definition) is 7. The Morgan fingerprint density at radius 1 is 0.947 bits per heavy atom. The maximum atomic E-state index is 13.9. The van der Waals surface area contributed by atoms with Crippen LogP contribution < -0.4 is 0 Å². The molecule has 38 heavy (non-hydrogen) atoms. The van der Waals surface area contributed by atoms with Crippen LogP contribution in [0.3, 0.4) is 0 Å². The van der Waals surface area contributed by atoms with Gasteiger partial charge < -0.3 is 23.4 Å². The average Bonchev–Trinajstić information content (AvgIpc) is 2.89. The van der Waals surface area contributed by atoms with Gasteiger partial charge in [-0.25, -0.2) is 0 Å². The number of Topliss-reactive ketones (excluding diaryl/α,β-unsaturated/α-hetero) is 2. The molecule has 0 amide bonds. The summed E-state index contributed by atoms with van der Waals surface area (Å²) in [5, 5.41) is 0. The molecule has 2 aliphatic heterocycles. The maximum absolute atomic E-state index is 13.9. The van der Waals surface area contributed by atoms with Crippen LogP contribution in [-0.2, 0) is 33.0 Å².